The summed E-state index contributed by atoms with van der Waals surface area (Å²) in [4.78, 5) is 20.7. The molecule has 0 bridgehead atoms. The Labute approximate surface area is 163 Å². The van der Waals surface area contributed by atoms with Gasteiger partial charge in [0.2, 0.25) is 0 Å². The minimum absolute atomic E-state index is 0.180. The van der Waals surface area contributed by atoms with Crippen molar-refractivity contribution in [2.45, 2.75) is 13.5 Å². The summed E-state index contributed by atoms with van der Waals surface area (Å²) in [6.45, 7) is 2.19. The highest BCUT2D eigenvalue weighted by molar-refractivity contribution is 7.22. The van der Waals surface area contributed by atoms with E-state index in [1.54, 1.807) is 20.3 Å². The van der Waals surface area contributed by atoms with E-state index in [1.807, 2.05) is 25.1 Å². The highest BCUT2D eigenvalue weighted by Crippen LogP contribution is 2.31. The third kappa shape index (κ3) is 3.29. The summed E-state index contributed by atoms with van der Waals surface area (Å²) in [7, 11) is 3.19. The summed E-state index contributed by atoms with van der Waals surface area (Å²) < 4.78 is 11.1. The van der Waals surface area contributed by atoms with E-state index in [2.05, 4.69) is 30.7 Å². The minimum atomic E-state index is -0.180. The van der Waals surface area contributed by atoms with Crippen LogP contribution in [0.3, 0.4) is 0 Å². The van der Waals surface area contributed by atoms with Crippen LogP contribution in [0, 0.1) is 6.92 Å². The van der Waals surface area contributed by atoms with Gasteiger partial charge >= 0.3 is 0 Å². The van der Waals surface area contributed by atoms with Crippen LogP contribution in [0.4, 0.5) is 5.69 Å². The van der Waals surface area contributed by atoms with Gasteiger partial charge in [0.15, 0.2) is 0 Å². The molecule has 3 aromatic heterocycles. The number of nitrogens with zero attached hydrogens (tertiary/aromatic N) is 3. The predicted molar refractivity (Wildman–Crippen MR) is 107 cm³/mol. The highest BCUT2D eigenvalue weighted by Gasteiger charge is 2.14. The first-order valence-corrected chi connectivity index (χ1v) is 9.27. The lowest BCUT2D eigenvalue weighted by atomic mass is 10.2. The standard InChI is InChI=1S/C18H18N6O3S/c1-9-16(23-24-22-9)14-7-12-17(28-14)18(25)21-15(20-12)8-19-11-5-4-10(26-2)6-13(11)27-3/h4-7,19H,8H2,1-3H3,(H,20,21,25)(H,22,23,24). The first-order chi connectivity index (χ1) is 13.6. The molecule has 9 nitrogen and oxygen atoms in total. The third-order valence-corrected chi connectivity index (χ3v) is 5.37. The molecule has 3 heterocycles. The lowest BCUT2D eigenvalue weighted by Crippen LogP contribution is -2.13. The Balaban J connectivity index is 1.62. The second kappa shape index (κ2) is 7.31. The molecule has 0 unspecified atom stereocenters. The molecule has 144 valence electrons. The van der Waals surface area contributed by atoms with E-state index in [0.717, 1.165) is 22.0 Å². The van der Waals surface area contributed by atoms with Gasteiger partial charge in [-0.1, -0.05) is 0 Å². The maximum absolute atomic E-state index is 12.5. The topological polar surface area (TPSA) is 118 Å². The van der Waals surface area contributed by atoms with Crippen LogP contribution in [0.2, 0.25) is 0 Å². The van der Waals surface area contributed by atoms with Crippen molar-refractivity contribution >= 4 is 27.2 Å². The van der Waals surface area contributed by atoms with E-state index in [-0.39, 0.29) is 5.56 Å². The van der Waals surface area contributed by atoms with Crippen molar-refractivity contribution in [1.29, 1.82) is 0 Å². The molecule has 1 aromatic carbocycles. The van der Waals surface area contributed by atoms with Gasteiger partial charge in [0.05, 0.1) is 42.5 Å². The number of hydrogen-bond acceptors (Lipinski definition) is 8. The molecule has 10 heteroatoms. The van der Waals surface area contributed by atoms with Crippen molar-refractivity contribution in [2.75, 3.05) is 19.5 Å². The van der Waals surface area contributed by atoms with Crippen molar-refractivity contribution in [3.05, 3.63) is 46.1 Å². The van der Waals surface area contributed by atoms with Crippen LogP contribution in [-0.2, 0) is 6.54 Å². The molecule has 0 spiro atoms. The van der Waals surface area contributed by atoms with Gasteiger partial charge in [0, 0.05) is 6.07 Å². The first-order valence-electron chi connectivity index (χ1n) is 8.45. The predicted octanol–water partition coefficient (Wildman–Crippen LogP) is 2.71. The Kier molecular flexibility index (Phi) is 4.70. The molecule has 4 aromatic rings. The lowest BCUT2D eigenvalue weighted by Gasteiger charge is -2.12. The summed E-state index contributed by atoms with van der Waals surface area (Å²) in [5, 5.41) is 14.0. The Morgan fingerprint density at radius 2 is 2.04 bits per heavy atom. The molecule has 0 amide bonds. The van der Waals surface area contributed by atoms with Gasteiger partial charge in [-0.15, -0.1) is 11.3 Å². The van der Waals surface area contributed by atoms with Gasteiger partial charge in [-0.05, 0) is 25.1 Å². The van der Waals surface area contributed by atoms with Crippen LogP contribution < -0.4 is 20.3 Å². The number of fused-ring (bicyclic) bond motifs is 1. The Hall–Kier alpha value is -3.40. The Bertz CT molecular complexity index is 1200. The molecular weight excluding hydrogens is 380 g/mol. The second-order valence-electron chi connectivity index (χ2n) is 6.02. The largest absolute Gasteiger partial charge is 0.497 e. The fourth-order valence-electron chi connectivity index (χ4n) is 2.83. The number of H-pyrrole nitrogens is 2. The quantitative estimate of drug-likeness (QED) is 0.457. The smallest absolute Gasteiger partial charge is 0.268 e. The van der Waals surface area contributed by atoms with Crippen molar-refractivity contribution in [3.63, 3.8) is 0 Å². The van der Waals surface area contributed by atoms with Crippen LogP contribution in [0.5, 0.6) is 11.5 Å². The number of aromatic amines is 2. The fraction of sp³-hybridized carbons (Fsp3) is 0.222. The maximum atomic E-state index is 12.5. The Morgan fingerprint density at radius 3 is 2.75 bits per heavy atom. The van der Waals surface area contributed by atoms with Gasteiger partial charge in [-0.25, -0.2) is 4.98 Å². The van der Waals surface area contributed by atoms with Gasteiger partial charge < -0.3 is 19.8 Å². The third-order valence-electron chi connectivity index (χ3n) is 4.24. The van der Waals surface area contributed by atoms with Gasteiger partial charge in [0.1, 0.15) is 27.7 Å². The average molecular weight is 398 g/mol. The summed E-state index contributed by atoms with van der Waals surface area (Å²) >= 11 is 1.35. The maximum Gasteiger partial charge on any atom is 0.268 e. The van der Waals surface area contributed by atoms with Crippen molar-refractivity contribution < 1.29 is 9.47 Å². The van der Waals surface area contributed by atoms with E-state index in [0.29, 0.717) is 34.1 Å². The summed E-state index contributed by atoms with van der Waals surface area (Å²) in [6, 6.07) is 7.32. The zero-order valence-electron chi connectivity index (χ0n) is 15.5. The van der Waals surface area contributed by atoms with E-state index in [4.69, 9.17) is 9.47 Å². The number of anilines is 1. The van der Waals surface area contributed by atoms with Crippen molar-refractivity contribution in [1.82, 2.24) is 25.4 Å². The monoisotopic (exact) mass is 398 g/mol. The van der Waals surface area contributed by atoms with E-state index in [9.17, 15) is 4.79 Å². The summed E-state index contributed by atoms with van der Waals surface area (Å²) in [6.07, 6.45) is 0. The van der Waals surface area contributed by atoms with Crippen molar-refractivity contribution in [2.24, 2.45) is 0 Å². The zero-order chi connectivity index (χ0) is 19.7. The second-order valence-corrected chi connectivity index (χ2v) is 7.07. The molecule has 0 aliphatic heterocycles. The highest BCUT2D eigenvalue weighted by atomic mass is 32.1. The van der Waals surface area contributed by atoms with E-state index >= 15 is 0 Å². The fourth-order valence-corrected chi connectivity index (χ4v) is 3.86. The SMILES string of the molecule is COc1ccc(NCc2nc3cc(-c4n[nH]nc4C)sc3c(=O)[nH]2)c(OC)c1. The molecule has 28 heavy (non-hydrogen) atoms. The molecule has 0 saturated heterocycles. The zero-order valence-corrected chi connectivity index (χ0v) is 16.3. The molecule has 0 aliphatic rings. The molecule has 0 radical (unpaired) electrons. The number of aromatic nitrogens is 5. The van der Waals surface area contributed by atoms with Gasteiger partial charge in [-0.2, -0.15) is 15.4 Å². The number of hydrogen-bond donors (Lipinski definition) is 3. The molecule has 0 aliphatic carbocycles. The van der Waals surface area contributed by atoms with Crippen LogP contribution >= 0.6 is 11.3 Å². The number of methoxy groups -OCH3 is 2. The minimum Gasteiger partial charge on any atom is -0.497 e. The van der Waals surface area contributed by atoms with E-state index in [1.165, 1.54) is 11.3 Å². The molecule has 0 atom stereocenters. The van der Waals surface area contributed by atoms with Crippen LogP contribution in [0.1, 0.15) is 11.5 Å². The first kappa shape index (κ1) is 18.0. The van der Waals surface area contributed by atoms with Gasteiger partial charge in [-0.3, -0.25) is 4.79 Å². The molecule has 0 fully saturated rings. The number of benzene rings is 1. The van der Waals surface area contributed by atoms with Crippen LogP contribution in [-0.4, -0.2) is 39.6 Å². The Morgan fingerprint density at radius 1 is 1.18 bits per heavy atom. The summed E-state index contributed by atoms with van der Waals surface area (Å²) in [5.74, 6) is 1.86. The van der Waals surface area contributed by atoms with Gasteiger partial charge in [0.25, 0.3) is 5.56 Å². The average Bonchev–Trinajstić information content (AvgIpc) is 3.32. The normalized spacial score (nSPS) is 11.0. The number of ether oxygens (including phenoxy) is 2. The summed E-state index contributed by atoms with van der Waals surface area (Å²) in [5.41, 5.74) is 2.72. The lowest BCUT2D eigenvalue weighted by molar-refractivity contribution is 0.395. The molecule has 3 N–H and O–H groups in total. The number of thiophene rings is 1. The van der Waals surface area contributed by atoms with Crippen LogP contribution in [0.25, 0.3) is 20.8 Å². The van der Waals surface area contributed by atoms with E-state index < -0.39 is 0 Å². The van der Waals surface area contributed by atoms with Crippen molar-refractivity contribution in [3.8, 4) is 22.1 Å². The number of nitrogens with one attached hydrogen (secondary N) is 3. The number of aryl methyl sites for hydroxylation is 1. The molecule has 0 saturated carbocycles. The molecule has 4 rings (SSSR count). The van der Waals surface area contributed by atoms with Crippen LogP contribution in [0.15, 0.2) is 29.1 Å². The number of rotatable bonds is 6. The molecular formula is C18H18N6O3S.